The maximum absolute atomic E-state index is 12.3. The van der Waals surface area contributed by atoms with Crippen molar-refractivity contribution in [3.8, 4) is 0 Å². The van der Waals surface area contributed by atoms with Crippen LogP contribution in [0, 0.1) is 0 Å². The molecular weight excluding hydrogens is 266 g/mol. The van der Waals surface area contributed by atoms with Gasteiger partial charge in [0.05, 0.1) is 17.7 Å². The first kappa shape index (κ1) is 14.1. The van der Waals surface area contributed by atoms with E-state index < -0.39 is 18.9 Å². The minimum Gasteiger partial charge on any atom is -0.335 e. The van der Waals surface area contributed by atoms with E-state index in [1.165, 1.54) is 13.1 Å². The molecule has 1 amide bonds. The number of para-hydroxylation sites is 1. The van der Waals surface area contributed by atoms with Crippen LogP contribution in [0.3, 0.4) is 0 Å². The van der Waals surface area contributed by atoms with E-state index in [2.05, 4.69) is 10.4 Å². The predicted molar refractivity (Wildman–Crippen MR) is 72.5 cm³/mol. The van der Waals surface area contributed by atoms with Crippen molar-refractivity contribution in [3.63, 3.8) is 0 Å². The van der Waals surface area contributed by atoms with Crippen LogP contribution in [0.1, 0.15) is 10.5 Å². The minimum atomic E-state index is -2.59. The van der Waals surface area contributed by atoms with E-state index in [0.29, 0.717) is 11.2 Å². The normalized spacial score (nSPS) is 10.8. The van der Waals surface area contributed by atoms with Crippen LogP contribution in [0.25, 0.3) is 10.9 Å². The third kappa shape index (κ3) is 2.83. The summed E-state index contributed by atoms with van der Waals surface area (Å²) in [4.78, 5) is 17.2. The van der Waals surface area contributed by atoms with Gasteiger partial charge in [0.2, 0.25) is 0 Å². The van der Waals surface area contributed by atoms with Gasteiger partial charge < -0.3 is 10.3 Å². The molecule has 2 rings (SSSR count). The standard InChI is InChI=1S/C13H14F2N4O/c1-19(7-12(14)15)13(20)11-6-10(18-16)8-4-2-3-5-9(8)17-11/h2-6,12H,7,16H2,1H3,(H,17,18). The van der Waals surface area contributed by atoms with Crippen LogP contribution in [-0.4, -0.2) is 35.8 Å². The van der Waals surface area contributed by atoms with E-state index in [1.807, 2.05) is 6.07 Å². The Morgan fingerprint density at radius 1 is 1.45 bits per heavy atom. The molecule has 0 saturated heterocycles. The molecule has 0 bridgehead atoms. The van der Waals surface area contributed by atoms with Crippen molar-refractivity contribution in [3.05, 3.63) is 36.0 Å². The fourth-order valence-corrected chi connectivity index (χ4v) is 1.89. The smallest absolute Gasteiger partial charge is 0.272 e. The van der Waals surface area contributed by atoms with E-state index in [-0.39, 0.29) is 5.69 Å². The summed E-state index contributed by atoms with van der Waals surface area (Å²) in [5.41, 5.74) is 3.64. The minimum absolute atomic E-state index is 0.0693. The summed E-state index contributed by atoms with van der Waals surface area (Å²) < 4.78 is 24.6. The number of carbonyl (C=O) groups is 1. The second kappa shape index (κ2) is 5.79. The number of rotatable bonds is 4. The molecule has 0 atom stereocenters. The molecule has 7 heteroatoms. The number of hydrogen-bond donors (Lipinski definition) is 2. The topological polar surface area (TPSA) is 71.2 Å². The molecule has 0 aliphatic carbocycles. The molecular formula is C13H14F2N4O. The first-order valence-corrected chi connectivity index (χ1v) is 5.93. The number of nitrogens with one attached hydrogen (secondary N) is 1. The Kier molecular flexibility index (Phi) is 4.09. The lowest BCUT2D eigenvalue weighted by atomic mass is 10.1. The maximum atomic E-state index is 12.3. The number of halogens is 2. The van der Waals surface area contributed by atoms with Crippen LogP contribution in [0.5, 0.6) is 0 Å². The van der Waals surface area contributed by atoms with E-state index in [1.54, 1.807) is 18.2 Å². The highest BCUT2D eigenvalue weighted by atomic mass is 19.3. The summed E-state index contributed by atoms with van der Waals surface area (Å²) in [5, 5.41) is 0.753. The summed E-state index contributed by atoms with van der Waals surface area (Å²) in [5.74, 6) is 4.84. The van der Waals surface area contributed by atoms with Crippen molar-refractivity contribution < 1.29 is 13.6 Å². The molecule has 0 aliphatic rings. The number of hydrazine groups is 1. The Labute approximate surface area is 114 Å². The van der Waals surface area contributed by atoms with Gasteiger partial charge in [-0.25, -0.2) is 13.8 Å². The molecule has 106 valence electrons. The predicted octanol–water partition coefficient (Wildman–Crippen LogP) is 1.86. The number of benzene rings is 1. The SMILES string of the molecule is CN(CC(F)F)C(=O)c1cc(NN)c2ccccc2n1. The van der Waals surface area contributed by atoms with Crippen LogP contribution in [0.4, 0.5) is 14.5 Å². The number of aromatic nitrogens is 1. The highest BCUT2D eigenvalue weighted by Crippen LogP contribution is 2.22. The van der Waals surface area contributed by atoms with Crippen molar-refractivity contribution in [2.45, 2.75) is 6.43 Å². The fraction of sp³-hybridized carbons (Fsp3) is 0.231. The third-order valence-corrected chi connectivity index (χ3v) is 2.85. The van der Waals surface area contributed by atoms with Gasteiger partial charge in [-0.2, -0.15) is 0 Å². The monoisotopic (exact) mass is 280 g/mol. The molecule has 5 nitrogen and oxygen atoms in total. The first-order valence-electron chi connectivity index (χ1n) is 5.93. The summed E-state index contributed by atoms with van der Waals surface area (Å²) in [6.07, 6.45) is -2.59. The Morgan fingerprint density at radius 2 is 2.15 bits per heavy atom. The average Bonchev–Trinajstić information content (AvgIpc) is 2.44. The van der Waals surface area contributed by atoms with Crippen molar-refractivity contribution in [2.24, 2.45) is 5.84 Å². The van der Waals surface area contributed by atoms with Crippen LogP contribution in [0.15, 0.2) is 30.3 Å². The number of fused-ring (bicyclic) bond motifs is 1. The number of nitrogens with two attached hydrogens (primary N) is 1. The zero-order chi connectivity index (χ0) is 14.7. The van der Waals surface area contributed by atoms with Crippen molar-refractivity contribution >= 4 is 22.5 Å². The van der Waals surface area contributed by atoms with Crippen LogP contribution in [0.2, 0.25) is 0 Å². The summed E-state index contributed by atoms with van der Waals surface area (Å²) in [6, 6.07) is 8.56. The van der Waals surface area contributed by atoms with Crippen LogP contribution in [-0.2, 0) is 0 Å². The Bertz CT molecular complexity index is 633. The molecule has 0 spiro atoms. The van der Waals surface area contributed by atoms with E-state index in [4.69, 9.17) is 5.84 Å². The van der Waals surface area contributed by atoms with E-state index in [9.17, 15) is 13.6 Å². The molecule has 0 radical (unpaired) electrons. The Morgan fingerprint density at radius 3 is 2.80 bits per heavy atom. The number of anilines is 1. The third-order valence-electron chi connectivity index (χ3n) is 2.85. The molecule has 0 unspecified atom stereocenters. The maximum Gasteiger partial charge on any atom is 0.272 e. The van der Waals surface area contributed by atoms with Gasteiger partial charge in [0.1, 0.15) is 5.69 Å². The largest absolute Gasteiger partial charge is 0.335 e. The molecule has 1 aromatic carbocycles. The van der Waals surface area contributed by atoms with Gasteiger partial charge in [-0.1, -0.05) is 18.2 Å². The molecule has 0 fully saturated rings. The second-order valence-electron chi connectivity index (χ2n) is 4.29. The quantitative estimate of drug-likeness (QED) is 0.662. The lowest BCUT2D eigenvalue weighted by molar-refractivity contribution is 0.0615. The number of alkyl halides is 2. The number of nitrogen functional groups attached to an aromatic ring is 1. The second-order valence-corrected chi connectivity index (χ2v) is 4.29. The fourth-order valence-electron chi connectivity index (χ4n) is 1.89. The molecule has 0 aliphatic heterocycles. The van der Waals surface area contributed by atoms with Crippen molar-refractivity contribution in [2.75, 3.05) is 19.0 Å². The summed E-state index contributed by atoms with van der Waals surface area (Å²) in [6.45, 7) is -0.640. The lowest BCUT2D eigenvalue weighted by Gasteiger charge is -2.17. The number of pyridine rings is 1. The van der Waals surface area contributed by atoms with Crippen LogP contribution >= 0.6 is 0 Å². The molecule has 0 saturated carbocycles. The number of hydrogen-bond acceptors (Lipinski definition) is 4. The molecule has 1 heterocycles. The summed E-state index contributed by atoms with van der Waals surface area (Å²) in [7, 11) is 1.31. The van der Waals surface area contributed by atoms with Gasteiger partial charge in [0, 0.05) is 12.4 Å². The van der Waals surface area contributed by atoms with Gasteiger partial charge in [-0.05, 0) is 12.1 Å². The molecule has 2 aromatic rings. The van der Waals surface area contributed by atoms with E-state index >= 15 is 0 Å². The van der Waals surface area contributed by atoms with Gasteiger partial charge >= 0.3 is 0 Å². The van der Waals surface area contributed by atoms with Crippen molar-refractivity contribution in [1.82, 2.24) is 9.88 Å². The zero-order valence-electron chi connectivity index (χ0n) is 10.8. The highest BCUT2D eigenvalue weighted by molar-refractivity contribution is 5.99. The Balaban J connectivity index is 2.42. The van der Waals surface area contributed by atoms with E-state index in [0.717, 1.165) is 10.3 Å². The summed E-state index contributed by atoms with van der Waals surface area (Å²) >= 11 is 0. The number of amides is 1. The van der Waals surface area contributed by atoms with Crippen LogP contribution < -0.4 is 11.3 Å². The lowest BCUT2D eigenvalue weighted by Crippen LogP contribution is -2.32. The van der Waals surface area contributed by atoms with Gasteiger partial charge in [0.15, 0.2) is 0 Å². The molecule has 1 aromatic heterocycles. The number of nitrogens with zero attached hydrogens (tertiary/aromatic N) is 2. The van der Waals surface area contributed by atoms with Gasteiger partial charge in [-0.3, -0.25) is 10.6 Å². The Hall–Kier alpha value is -2.28. The first-order chi connectivity index (χ1) is 9.52. The number of carbonyl (C=O) groups excluding carboxylic acids is 1. The van der Waals surface area contributed by atoms with Crippen molar-refractivity contribution in [1.29, 1.82) is 0 Å². The zero-order valence-corrected chi connectivity index (χ0v) is 10.8. The van der Waals surface area contributed by atoms with Gasteiger partial charge in [0.25, 0.3) is 12.3 Å². The highest BCUT2D eigenvalue weighted by Gasteiger charge is 2.18. The molecule has 3 N–H and O–H groups in total. The average molecular weight is 280 g/mol. The molecule has 20 heavy (non-hydrogen) atoms. The van der Waals surface area contributed by atoms with Gasteiger partial charge in [-0.15, -0.1) is 0 Å².